The normalized spacial score (nSPS) is 12.7. The molecule has 0 spiro atoms. The van der Waals surface area contributed by atoms with Crippen LogP contribution < -0.4 is 10.1 Å². The van der Waals surface area contributed by atoms with E-state index in [1.807, 2.05) is 20.2 Å². The Morgan fingerprint density at radius 1 is 1.40 bits per heavy atom. The van der Waals surface area contributed by atoms with E-state index in [1.165, 1.54) is 12.4 Å². The van der Waals surface area contributed by atoms with Crippen LogP contribution in [0.4, 0.5) is 8.78 Å². The van der Waals surface area contributed by atoms with Gasteiger partial charge in [-0.1, -0.05) is 12.1 Å². The van der Waals surface area contributed by atoms with Crippen molar-refractivity contribution >= 4 is 0 Å². The number of ether oxygens (including phenoxy) is 1. The second kappa shape index (κ2) is 6.42. The number of halogens is 2. The summed E-state index contributed by atoms with van der Waals surface area (Å²) >= 11 is 0. The Morgan fingerprint density at radius 2 is 2.20 bits per heavy atom. The van der Waals surface area contributed by atoms with Crippen molar-refractivity contribution in [3.63, 3.8) is 0 Å². The molecule has 1 unspecified atom stereocenters. The van der Waals surface area contributed by atoms with Crippen molar-refractivity contribution in [1.82, 2.24) is 20.1 Å². The van der Waals surface area contributed by atoms with Gasteiger partial charge < -0.3 is 10.1 Å². The molecule has 0 aliphatic carbocycles. The average molecular weight is 282 g/mol. The second-order valence-electron chi connectivity index (χ2n) is 4.30. The van der Waals surface area contributed by atoms with E-state index in [9.17, 15) is 8.78 Å². The van der Waals surface area contributed by atoms with Crippen molar-refractivity contribution in [2.45, 2.75) is 19.1 Å². The van der Waals surface area contributed by atoms with Gasteiger partial charge in [-0.05, 0) is 24.7 Å². The highest BCUT2D eigenvalue weighted by atomic mass is 19.3. The molecule has 0 aliphatic heterocycles. The topological polar surface area (TPSA) is 52.0 Å². The highest BCUT2D eigenvalue weighted by molar-refractivity contribution is 5.31. The number of likely N-dealkylation sites (N-methyl/N-ethyl adjacent to an activating group) is 1. The van der Waals surface area contributed by atoms with E-state index in [0.29, 0.717) is 6.42 Å². The van der Waals surface area contributed by atoms with Crippen LogP contribution in [0, 0.1) is 0 Å². The third-order valence-corrected chi connectivity index (χ3v) is 3.03. The maximum Gasteiger partial charge on any atom is 0.387 e. The maximum atomic E-state index is 12.2. The number of hydrogen-bond acceptors (Lipinski definition) is 4. The number of rotatable bonds is 6. The van der Waals surface area contributed by atoms with Crippen molar-refractivity contribution in [2.24, 2.45) is 7.05 Å². The quantitative estimate of drug-likeness (QED) is 0.879. The van der Waals surface area contributed by atoms with Crippen LogP contribution in [0.3, 0.4) is 0 Å². The predicted octanol–water partition coefficient (Wildman–Crippen LogP) is 1.92. The minimum atomic E-state index is -2.82. The van der Waals surface area contributed by atoms with E-state index < -0.39 is 6.61 Å². The number of hydrogen-bond donors (Lipinski definition) is 1. The Balaban J connectivity index is 2.17. The summed E-state index contributed by atoms with van der Waals surface area (Å²) in [5.41, 5.74) is 0.855. The Kier molecular flexibility index (Phi) is 4.62. The minimum absolute atomic E-state index is 0.0564. The first kappa shape index (κ1) is 14.4. The molecule has 1 aromatic carbocycles. The largest absolute Gasteiger partial charge is 0.435 e. The highest BCUT2D eigenvalue weighted by Crippen LogP contribution is 2.22. The van der Waals surface area contributed by atoms with Crippen LogP contribution in [0.15, 0.2) is 30.6 Å². The molecule has 0 saturated carbocycles. The van der Waals surface area contributed by atoms with E-state index in [-0.39, 0.29) is 11.8 Å². The lowest BCUT2D eigenvalue weighted by atomic mass is 10.0. The zero-order chi connectivity index (χ0) is 14.5. The molecule has 5 nitrogen and oxygen atoms in total. The van der Waals surface area contributed by atoms with Gasteiger partial charge in [0.1, 0.15) is 17.9 Å². The molecule has 0 saturated heterocycles. The van der Waals surface area contributed by atoms with Gasteiger partial charge in [0.15, 0.2) is 0 Å². The third-order valence-electron chi connectivity index (χ3n) is 3.03. The number of benzene rings is 1. The molecule has 108 valence electrons. The molecule has 2 rings (SSSR count). The molecule has 7 heteroatoms. The Hall–Kier alpha value is -2.02. The molecular formula is C13H16F2N4O. The van der Waals surface area contributed by atoms with Gasteiger partial charge in [0.25, 0.3) is 0 Å². The number of nitrogens with zero attached hydrogens (tertiary/aromatic N) is 3. The molecule has 0 amide bonds. The van der Waals surface area contributed by atoms with Crippen molar-refractivity contribution in [1.29, 1.82) is 0 Å². The Labute approximate surface area is 115 Å². The predicted molar refractivity (Wildman–Crippen MR) is 69.6 cm³/mol. The lowest BCUT2D eigenvalue weighted by Crippen LogP contribution is -2.20. The summed E-state index contributed by atoms with van der Waals surface area (Å²) in [6.07, 6.45) is 2.09. The molecular weight excluding hydrogens is 266 g/mol. The van der Waals surface area contributed by atoms with Crippen LogP contribution >= 0.6 is 0 Å². The van der Waals surface area contributed by atoms with Gasteiger partial charge >= 0.3 is 6.61 Å². The Morgan fingerprint density at radius 3 is 2.80 bits per heavy atom. The van der Waals surface area contributed by atoms with Crippen LogP contribution in [0.1, 0.15) is 17.4 Å². The van der Waals surface area contributed by atoms with Crippen LogP contribution in [0.5, 0.6) is 5.75 Å². The van der Waals surface area contributed by atoms with Crippen LogP contribution in [0.25, 0.3) is 0 Å². The van der Waals surface area contributed by atoms with Crippen molar-refractivity contribution in [2.75, 3.05) is 7.05 Å². The van der Waals surface area contributed by atoms with Gasteiger partial charge in [-0.25, -0.2) is 4.98 Å². The summed E-state index contributed by atoms with van der Waals surface area (Å²) in [5.74, 6) is 0.959. The lowest BCUT2D eigenvalue weighted by molar-refractivity contribution is -0.0499. The van der Waals surface area contributed by atoms with Gasteiger partial charge in [-0.15, -0.1) is 0 Å². The summed E-state index contributed by atoms with van der Waals surface area (Å²) in [4.78, 5) is 4.16. The summed E-state index contributed by atoms with van der Waals surface area (Å²) in [6.45, 7) is -2.82. The third kappa shape index (κ3) is 3.51. The van der Waals surface area contributed by atoms with Gasteiger partial charge in [0, 0.05) is 19.5 Å². The monoisotopic (exact) mass is 282 g/mol. The number of alkyl halides is 2. The van der Waals surface area contributed by atoms with E-state index in [2.05, 4.69) is 20.1 Å². The van der Waals surface area contributed by atoms with Crippen LogP contribution in [-0.4, -0.2) is 28.4 Å². The van der Waals surface area contributed by atoms with E-state index >= 15 is 0 Å². The van der Waals surface area contributed by atoms with Crippen molar-refractivity contribution < 1.29 is 13.5 Å². The summed E-state index contributed by atoms with van der Waals surface area (Å²) < 4.78 is 30.6. The van der Waals surface area contributed by atoms with Crippen LogP contribution in [0.2, 0.25) is 0 Å². The first-order valence-electron chi connectivity index (χ1n) is 6.15. The fourth-order valence-electron chi connectivity index (χ4n) is 1.98. The van der Waals surface area contributed by atoms with Gasteiger partial charge in [0.05, 0.1) is 0 Å². The number of aryl methyl sites for hydroxylation is 1. The molecule has 1 atom stereocenters. The smallest absolute Gasteiger partial charge is 0.387 e. The van der Waals surface area contributed by atoms with Crippen LogP contribution in [-0.2, 0) is 13.5 Å². The summed E-state index contributed by atoms with van der Waals surface area (Å²) in [7, 11) is 3.62. The molecule has 1 N–H and O–H groups in total. The summed E-state index contributed by atoms with van der Waals surface area (Å²) in [5, 5.41) is 7.15. The zero-order valence-corrected chi connectivity index (χ0v) is 11.3. The molecule has 20 heavy (non-hydrogen) atoms. The highest BCUT2D eigenvalue weighted by Gasteiger charge is 2.14. The first-order valence-corrected chi connectivity index (χ1v) is 6.15. The first-order chi connectivity index (χ1) is 9.60. The van der Waals surface area contributed by atoms with Crippen molar-refractivity contribution in [3.8, 4) is 5.75 Å². The minimum Gasteiger partial charge on any atom is -0.435 e. The SMILES string of the molecule is CNC(Cc1ncnn1C)c1cccc(OC(F)F)c1. The van der Waals surface area contributed by atoms with E-state index in [1.54, 1.807) is 16.8 Å². The molecule has 0 fully saturated rings. The van der Waals surface area contributed by atoms with Gasteiger partial charge in [-0.3, -0.25) is 4.68 Å². The standard InChI is InChI=1S/C13H16F2N4O/c1-16-11(7-12-17-8-18-19(12)2)9-4-3-5-10(6-9)20-13(14)15/h3-6,8,11,13,16H,7H2,1-2H3. The Bertz CT molecular complexity index is 559. The van der Waals surface area contributed by atoms with Gasteiger partial charge in [0.2, 0.25) is 0 Å². The fraction of sp³-hybridized carbons (Fsp3) is 0.385. The fourth-order valence-corrected chi connectivity index (χ4v) is 1.98. The van der Waals surface area contributed by atoms with E-state index in [4.69, 9.17) is 0 Å². The zero-order valence-electron chi connectivity index (χ0n) is 11.3. The number of aromatic nitrogens is 3. The maximum absolute atomic E-state index is 12.2. The molecule has 1 heterocycles. The molecule has 1 aromatic heterocycles. The average Bonchev–Trinajstić information content (AvgIpc) is 2.81. The lowest BCUT2D eigenvalue weighted by Gasteiger charge is -2.17. The molecule has 0 aliphatic rings. The second-order valence-corrected chi connectivity index (χ2v) is 4.30. The molecule has 0 radical (unpaired) electrons. The van der Waals surface area contributed by atoms with Crippen molar-refractivity contribution in [3.05, 3.63) is 42.0 Å². The molecule has 0 bridgehead atoms. The van der Waals surface area contributed by atoms with E-state index in [0.717, 1.165) is 11.4 Å². The van der Waals surface area contributed by atoms with Gasteiger partial charge in [-0.2, -0.15) is 13.9 Å². The summed E-state index contributed by atoms with van der Waals surface area (Å²) in [6, 6.07) is 6.59. The molecule has 2 aromatic rings. The number of nitrogens with one attached hydrogen (secondary N) is 1.